The Balaban J connectivity index is 1.83. The number of ether oxygens (including phenoxy) is 1. The van der Waals surface area contributed by atoms with E-state index in [-0.39, 0.29) is 4.90 Å². The summed E-state index contributed by atoms with van der Waals surface area (Å²) >= 11 is 0. The lowest BCUT2D eigenvalue weighted by molar-refractivity contribution is 0.399. The highest BCUT2D eigenvalue weighted by molar-refractivity contribution is 7.89. The first-order valence-corrected chi connectivity index (χ1v) is 9.31. The van der Waals surface area contributed by atoms with Gasteiger partial charge in [0.15, 0.2) is 0 Å². The van der Waals surface area contributed by atoms with Crippen LogP contribution in [-0.2, 0) is 10.0 Å². The number of nitrogens with one attached hydrogen (secondary N) is 1. The molecule has 7 nitrogen and oxygen atoms in total. The molecule has 1 atom stereocenters. The van der Waals surface area contributed by atoms with Crippen LogP contribution in [0.25, 0.3) is 5.69 Å². The minimum Gasteiger partial charge on any atom is -0.494 e. The van der Waals surface area contributed by atoms with Crippen LogP contribution in [0.5, 0.6) is 5.75 Å². The molecule has 0 radical (unpaired) electrons. The normalized spacial score (nSPS) is 18.2. The maximum atomic E-state index is 12.7. The van der Waals surface area contributed by atoms with Crippen LogP contribution in [-0.4, -0.2) is 56.3 Å². The molecule has 1 saturated heterocycles. The Kier molecular flexibility index (Phi) is 4.88. The van der Waals surface area contributed by atoms with Crippen LogP contribution in [0, 0.1) is 5.92 Å². The predicted molar refractivity (Wildman–Crippen MR) is 90.9 cm³/mol. The van der Waals surface area contributed by atoms with Crippen molar-refractivity contribution < 1.29 is 13.2 Å². The van der Waals surface area contributed by atoms with Crippen LogP contribution in [0.15, 0.2) is 41.6 Å². The van der Waals surface area contributed by atoms with Gasteiger partial charge in [-0.05, 0) is 37.6 Å². The molecule has 1 fully saturated rings. The van der Waals surface area contributed by atoms with Crippen molar-refractivity contribution in [3.8, 4) is 11.4 Å². The molecular formula is C16H22N4O3S. The zero-order chi connectivity index (χ0) is 17.2. The van der Waals surface area contributed by atoms with Gasteiger partial charge < -0.3 is 10.1 Å². The molecule has 2 heterocycles. The summed E-state index contributed by atoms with van der Waals surface area (Å²) in [5.74, 6) is 0.990. The highest BCUT2D eigenvalue weighted by atomic mass is 32.2. The van der Waals surface area contributed by atoms with E-state index in [2.05, 4.69) is 10.4 Å². The van der Waals surface area contributed by atoms with Crippen molar-refractivity contribution in [2.75, 3.05) is 33.8 Å². The van der Waals surface area contributed by atoms with Crippen LogP contribution >= 0.6 is 0 Å². The molecule has 0 aliphatic carbocycles. The molecule has 3 rings (SSSR count). The van der Waals surface area contributed by atoms with Crippen molar-refractivity contribution >= 4 is 10.0 Å². The molecule has 2 aromatic rings. The number of nitrogens with zero attached hydrogens (tertiary/aromatic N) is 3. The predicted octanol–water partition coefficient (Wildman–Crippen LogP) is 1.11. The number of para-hydroxylation sites is 2. The van der Waals surface area contributed by atoms with Crippen molar-refractivity contribution in [3.63, 3.8) is 0 Å². The third-order valence-electron chi connectivity index (χ3n) is 4.28. The molecule has 24 heavy (non-hydrogen) atoms. The van der Waals surface area contributed by atoms with E-state index in [9.17, 15) is 8.42 Å². The molecular weight excluding hydrogens is 328 g/mol. The molecule has 1 unspecified atom stereocenters. The Morgan fingerprint density at radius 1 is 1.42 bits per heavy atom. The van der Waals surface area contributed by atoms with Crippen LogP contribution in [0.3, 0.4) is 0 Å². The van der Waals surface area contributed by atoms with E-state index in [1.165, 1.54) is 21.4 Å². The number of hydrogen-bond acceptors (Lipinski definition) is 5. The standard InChI is InChI=1S/C16H22N4O3S/c1-19(11-13-7-8-17-9-13)24(21,22)14-10-18-20(12-14)15-5-3-4-6-16(15)23-2/h3-6,10,12-13,17H,7-9,11H2,1-2H3. The van der Waals surface area contributed by atoms with Gasteiger partial charge in [0.2, 0.25) is 10.0 Å². The molecule has 0 amide bonds. The van der Waals surface area contributed by atoms with Crippen LogP contribution < -0.4 is 10.1 Å². The summed E-state index contributed by atoms with van der Waals surface area (Å²) in [4.78, 5) is 0.182. The van der Waals surface area contributed by atoms with Gasteiger partial charge in [-0.15, -0.1) is 0 Å². The number of benzene rings is 1. The van der Waals surface area contributed by atoms with Crippen molar-refractivity contribution in [3.05, 3.63) is 36.7 Å². The van der Waals surface area contributed by atoms with Crippen LogP contribution in [0.2, 0.25) is 0 Å². The van der Waals surface area contributed by atoms with Gasteiger partial charge in [-0.3, -0.25) is 0 Å². The summed E-state index contributed by atoms with van der Waals surface area (Å²) in [6.07, 6.45) is 3.90. The second-order valence-electron chi connectivity index (χ2n) is 5.94. The molecule has 0 bridgehead atoms. The van der Waals surface area contributed by atoms with Gasteiger partial charge in [0.05, 0.1) is 19.5 Å². The maximum Gasteiger partial charge on any atom is 0.245 e. The summed E-state index contributed by atoms with van der Waals surface area (Å²) < 4.78 is 33.7. The minimum absolute atomic E-state index is 0.182. The molecule has 0 saturated carbocycles. The van der Waals surface area contributed by atoms with Gasteiger partial charge in [-0.2, -0.15) is 5.10 Å². The lowest BCUT2D eigenvalue weighted by Crippen LogP contribution is -2.32. The number of sulfonamides is 1. The monoisotopic (exact) mass is 350 g/mol. The summed E-state index contributed by atoms with van der Waals surface area (Å²) in [5, 5.41) is 7.45. The van der Waals surface area contributed by atoms with E-state index in [0.717, 1.165) is 19.5 Å². The second-order valence-corrected chi connectivity index (χ2v) is 7.98. The maximum absolute atomic E-state index is 12.7. The van der Waals surface area contributed by atoms with Crippen LogP contribution in [0.1, 0.15) is 6.42 Å². The zero-order valence-electron chi connectivity index (χ0n) is 13.8. The fourth-order valence-electron chi connectivity index (χ4n) is 2.90. The smallest absolute Gasteiger partial charge is 0.245 e. The number of methoxy groups -OCH3 is 1. The fraction of sp³-hybridized carbons (Fsp3) is 0.438. The third kappa shape index (κ3) is 3.31. The van der Waals surface area contributed by atoms with E-state index >= 15 is 0 Å². The molecule has 1 aliphatic rings. The number of aromatic nitrogens is 2. The lowest BCUT2D eigenvalue weighted by Gasteiger charge is -2.19. The van der Waals surface area contributed by atoms with Gasteiger partial charge in [0.25, 0.3) is 0 Å². The first-order valence-electron chi connectivity index (χ1n) is 7.87. The van der Waals surface area contributed by atoms with Crippen LogP contribution in [0.4, 0.5) is 0 Å². The highest BCUT2D eigenvalue weighted by Crippen LogP contribution is 2.24. The Morgan fingerprint density at radius 2 is 2.21 bits per heavy atom. The summed E-state index contributed by atoms with van der Waals surface area (Å²) in [7, 11) is -0.360. The van der Waals surface area contributed by atoms with Crippen molar-refractivity contribution in [1.29, 1.82) is 0 Å². The Morgan fingerprint density at radius 3 is 2.92 bits per heavy atom. The Labute approximate surface area is 142 Å². The molecule has 1 N–H and O–H groups in total. The largest absolute Gasteiger partial charge is 0.494 e. The molecule has 130 valence electrons. The zero-order valence-corrected chi connectivity index (χ0v) is 14.7. The molecule has 1 aromatic carbocycles. The highest BCUT2D eigenvalue weighted by Gasteiger charge is 2.26. The van der Waals surface area contributed by atoms with E-state index in [0.29, 0.717) is 23.9 Å². The third-order valence-corrected chi connectivity index (χ3v) is 6.05. The van der Waals surface area contributed by atoms with Crippen molar-refractivity contribution in [1.82, 2.24) is 19.4 Å². The molecule has 0 spiro atoms. The Bertz CT molecular complexity index is 797. The van der Waals surface area contributed by atoms with E-state index in [1.54, 1.807) is 14.2 Å². The molecule has 1 aromatic heterocycles. The van der Waals surface area contributed by atoms with Gasteiger partial charge in [0.1, 0.15) is 16.3 Å². The fourth-order valence-corrected chi connectivity index (χ4v) is 4.08. The second kappa shape index (κ2) is 6.92. The first-order chi connectivity index (χ1) is 11.5. The lowest BCUT2D eigenvalue weighted by atomic mass is 10.1. The summed E-state index contributed by atoms with van der Waals surface area (Å²) in [5.41, 5.74) is 0.698. The quantitative estimate of drug-likeness (QED) is 0.845. The topological polar surface area (TPSA) is 76.5 Å². The average molecular weight is 350 g/mol. The molecule has 8 heteroatoms. The summed E-state index contributed by atoms with van der Waals surface area (Å²) in [6.45, 7) is 2.32. The van der Waals surface area contributed by atoms with Gasteiger partial charge in [0, 0.05) is 13.6 Å². The SMILES string of the molecule is COc1ccccc1-n1cc(S(=O)(=O)N(C)CC2CCNC2)cn1. The average Bonchev–Trinajstić information content (AvgIpc) is 3.26. The van der Waals surface area contributed by atoms with Crippen molar-refractivity contribution in [2.45, 2.75) is 11.3 Å². The van der Waals surface area contributed by atoms with E-state index in [1.807, 2.05) is 24.3 Å². The summed E-state index contributed by atoms with van der Waals surface area (Å²) in [6, 6.07) is 7.35. The van der Waals surface area contributed by atoms with E-state index in [4.69, 9.17) is 4.74 Å². The van der Waals surface area contributed by atoms with Crippen molar-refractivity contribution in [2.24, 2.45) is 5.92 Å². The van der Waals surface area contributed by atoms with Gasteiger partial charge in [-0.25, -0.2) is 17.4 Å². The van der Waals surface area contributed by atoms with E-state index < -0.39 is 10.0 Å². The Hall–Kier alpha value is -1.90. The van der Waals surface area contributed by atoms with Gasteiger partial charge in [-0.1, -0.05) is 12.1 Å². The number of hydrogen-bond donors (Lipinski definition) is 1. The minimum atomic E-state index is -3.55. The number of rotatable bonds is 6. The first kappa shape index (κ1) is 16.9. The molecule has 1 aliphatic heterocycles. The van der Waals surface area contributed by atoms with Gasteiger partial charge >= 0.3 is 0 Å².